The Labute approximate surface area is 171 Å². The molecule has 1 aliphatic rings. The summed E-state index contributed by atoms with van der Waals surface area (Å²) in [6.07, 6.45) is 0.820. The SMILES string of the molecule is CCOC(=O)c1c(NC(=O)c2nc3ccccc3s2)sc2c1CC[NH+](CC)C2. The van der Waals surface area contributed by atoms with Gasteiger partial charge in [0.1, 0.15) is 11.5 Å². The van der Waals surface area contributed by atoms with Gasteiger partial charge in [-0.15, -0.1) is 22.7 Å². The van der Waals surface area contributed by atoms with Crippen LogP contribution in [0.1, 0.15) is 44.4 Å². The number of thiophene rings is 1. The fourth-order valence-electron chi connectivity index (χ4n) is 3.47. The summed E-state index contributed by atoms with van der Waals surface area (Å²) in [5, 5.41) is 3.90. The molecule has 4 rings (SSSR count). The maximum Gasteiger partial charge on any atom is 0.341 e. The zero-order valence-electron chi connectivity index (χ0n) is 15.8. The Morgan fingerprint density at radius 3 is 2.82 bits per heavy atom. The highest BCUT2D eigenvalue weighted by molar-refractivity contribution is 7.20. The molecule has 1 atom stereocenters. The molecule has 6 nitrogen and oxygen atoms in total. The van der Waals surface area contributed by atoms with E-state index in [4.69, 9.17) is 4.74 Å². The molecule has 1 amide bonds. The van der Waals surface area contributed by atoms with Crippen LogP contribution < -0.4 is 10.2 Å². The van der Waals surface area contributed by atoms with Crippen LogP contribution >= 0.6 is 22.7 Å². The number of thiazole rings is 1. The molecule has 0 spiro atoms. The van der Waals surface area contributed by atoms with Crippen LogP contribution in [0.15, 0.2) is 24.3 Å². The molecular weight excluding hydrogens is 394 g/mol. The number of ether oxygens (including phenoxy) is 1. The van der Waals surface area contributed by atoms with E-state index in [0.717, 1.165) is 46.7 Å². The fraction of sp³-hybridized carbons (Fsp3) is 0.350. The Morgan fingerprint density at radius 2 is 2.07 bits per heavy atom. The molecule has 0 aliphatic carbocycles. The molecule has 0 fully saturated rings. The van der Waals surface area contributed by atoms with E-state index in [-0.39, 0.29) is 11.9 Å². The van der Waals surface area contributed by atoms with E-state index in [1.54, 1.807) is 6.92 Å². The smallest absolute Gasteiger partial charge is 0.341 e. The summed E-state index contributed by atoms with van der Waals surface area (Å²) in [4.78, 5) is 32.5. The molecule has 1 unspecified atom stereocenters. The summed E-state index contributed by atoms with van der Waals surface area (Å²) in [7, 11) is 0. The van der Waals surface area contributed by atoms with Crippen molar-refractivity contribution in [3.63, 3.8) is 0 Å². The van der Waals surface area contributed by atoms with Crippen molar-refractivity contribution in [2.75, 3.05) is 25.0 Å². The van der Waals surface area contributed by atoms with Gasteiger partial charge in [0.25, 0.3) is 5.91 Å². The highest BCUT2D eigenvalue weighted by Crippen LogP contribution is 2.36. The van der Waals surface area contributed by atoms with Crippen LogP contribution in [0, 0.1) is 0 Å². The summed E-state index contributed by atoms with van der Waals surface area (Å²) in [6.45, 7) is 7.16. The van der Waals surface area contributed by atoms with Gasteiger partial charge < -0.3 is 15.0 Å². The molecule has 1 aliphatic heterocycles. The van der Waals surface area contributed by atoms with Crippen molar-refractivity contribution in [2.24, 2.45) is 0 Å². The lowest BCUT2D eigenvalue weighted by molar-refractivity contribution is -0.913. The molecule has 3 aromatic rings. The number of likely N-dealkylation sites (N-methyl/N-ethyl adjacent to an activating group) is 1. The van der Waals surface area contributed by atoms with Crippen molar-refractivity contribution in [2.45, 2.75) is 26.8 Å². The molecule has 3 heterocycles. The lowest BCUT2D eigenvalue weighted by Crippen LogP contribution is -3.11. The number of amides is 1. The Hall–Kier alpha value is -2.29. The van der Waals surface area contributed by atoms with Crippen LogP contribution in [0.4, 0.5) is 5.00 Å². The third kappa shape index (κ3) is 3.55. The number of hydrogen-bond acceptors (Lipinski definition) is 6. The summed E-state index contributed by atoms with van der Waals surface area (Å²) < 4.78 is 6.24. The van der Waals surface area contributed by atoms with E-state index < -0.39 is 0 Å². The normalized spacial score (nSPS) is 16.0. The molecule has 0 bridgehead atoms. The lowest BCUT2D eigenvalue weighted by Gasteiger charge is -2.22. The maximum absolute atomic E-state index is 12.8. The Kier molecular flexibility index (Phi) is 5.43. The van der Waals surface area contributed by atoms with Gasteiger partial charge in [0, 0.05) is 6.42 Å². The van der Waals surface area contributed by atoms with Crippen molar-refractivity contribution >= 4 is 49.8 Å². The van der Waals surface area contributed by atoms with Gasteiger partial charge in [0.15, 0.2) is 5.01 Å². The van der Waals surface area contributed by atoms with Crippen LogP contribution in [0.25, 0.3) is 10.2 Å². The standard InChI is InChI=1S/C20H21N3O3S2/c1-3-23-10-9-12-15(11-23)28-18(16(12)20(25)26-4-2)22-17(24)19-21-13-7-5-6-8-14(13)27-19/h5-8H,3-4,9-11H2,1-2H3,(H,22,24)/p+1. The van der Waals surface area contributed by atoms with Gasteiger partial charge in [-0.3, -0.25) is 4.79 Å². The molecule has 2 N–H and O–H groups in total. The van der Waals surface area contributed by atoms with Crippen molar-refractivity contribution in [3.05, 3.63) is 45.3 Å². The number of nitrogens with one attached hydrogen (secondary N) is 2. The maximum atomic E-state index is 12.8. The number of rotatable bonds is 5. The van der Waals surface area contributed by atoms with E-state index in [0.29, 0.717) is 22.2 Å². The van der Waals surface area contributed by atoms with Gasteiger partial charge in [-0.25, -0.2) is 9.78 Å². The predicted molar refractivity (Wildman–Crippen MR) is 112 cm³/mol. The number of para-hydroxylation sites is 1. The average Bonchev–Trinajstić information content (AvgIpc) is 3.28. The zero-order valence-corrected chi connectivity index (χ0v) is 17.5. The van der Waals surface area contributed by atoms with Gasteiger partial charge in [-0.05, 0) is 31.5 Å². The number of esters is 1. The van der Waals surface area contributed by atoms with Crippen LogP contribution in [0.2, 0.25) is 0 Å². The van der Waals surface area contributed by atoms with Gasteiger partial charge in [0.2, 0.25) is 0 Å². The second-order valence-corrected chi connectivity index (χ2v) is 8.79. The van der Waals surface area contributed by atoms with E-state index in [1.165, 1.54) is 27.6 Å². The summed E-state index contributed by atoms with van der Waals surface area (Å²) in [5.74, 6) is -0.649. The topological polar surface area (TPSA) is 72.7 Å². The lowest BCUT2D eigenvalue weighted by atomic mass is 10.0. The first-order chi connectivity index (χ1) is 13.6. The molecule has 0 saturated carbocycles. The van der Waals surface area contributed by atoms with Gasteiger partial charge in [-0.2, -0.15) is 0 Å². The number of nitrogens with zero attached hydrogens (tertiary/aromatic N) is 1. The van der Waals surface area contributed by atoms with Crippen molar-refractivity contribution < 1.29 is 19.2 Å². The van der Waals surface area contributed by atoms with E-state index in [2.05, 4.69) is 17.2 Å². The molecule has 28 heavy (non-hydrogen) atoms. The average molecular weight is 417 g/mol. The van der Waals surface area contributed by atoms with Crippen LogP contribution in [-0.2, 0) is 17.7 Å². The minimum atomic E-state index is -0.362. The molecule has 0 radical (unpaired) electrons. The Bertz CT molecular complexity index is 1010. The van der Waals surface area contributed by atoms with E-state index in [9.17, 15) is 9.59 Å². The van der Waals surface area contributed by atoms with Crippen LogP contribution in [0.3, 0.4) is 0 Å². The second-order valence-electron chi connectivity index (χ2n) is 6.65. The van der Waals surface area contributed by atoms with Crippen LogP contribution in [0.5, 0.6) is 0 Å². The summed E-state index contributed by atoms with van der Waals surface area (Å²) in [5.41, 5.74) is 2.35. The second kappa shape index (κ2) is 7.98. The quantitative estimate of drug-likeness (QED) is 0.628. The number of quaternary nitrogens is 1. The minimum absolute atomic E-state index is 0.287. The number of carbonyl (C=O) groups excluding carboxylic acids is 2. The van der Waals surface area contributed by atoms with Crippen molar-refractivity contribution in [1.29, 1.82) is 0 Å². The number of carbonyl (C=O) groups is 2. The molecule has 1 aromatic carbocycles. The molecule has 8 heteroatoms. The molecule has 146 valence electrons. The monoisotopic (exact) mass is 416 g/mol. The third-order valence-electron chi connectivity index (χ3n) is 4.92. The summed E-state index contributed by atoms with van der Waals surface area (Å²) in [6, 6.07) is 7.66. The summed E-state index contributed by atoms with van der Waals surface area (Å²) >= 11 is 2.84. The van der Waals surface area contributed by atoms with Crippen LogP contribution in [-0.4, -0.2) is 36.6 Å². The van der Waals surface area contributed by atoms with Gasteiger partial charge in [-0.1, -0.05) is 12.1 Å². The third-order valence-corrected chi connectivity index (χ3v) is 7.11. The highest BCUT2D eigenvalue weighted by Gasteiger charge is 2.31. The molecule has 2 aromatic heterocycles. The Morgan fingerprint density at radius 1 is 1.25 bits per heavy atom. The largest absolute Gasteiger partial charge is 0.462 e. The first-order valence-corrected chi connectivity index (χ1v) is 11.1. The minimum Gasteiger partial charge on any atom is -0.462 e. The van der Waals surface area contributed by atoms with Crippen molar-refractivity contribution in [1.82, 2.24) is 4.98 Å². The fourth-order valence-corrected chi connectivity index (χ4v) is 5.63. The van der Waals surface area contributed by atoms with E-state index >= 15 is 0 Å². The van der Waals surface area contributed by atoms with E-state index in [1.807, 2.05) is 24.3 Å². The number of anilines is 1. The molecule has 0 saturated heterocycles. The number of aromatic nitrogens is 1. The van der Waals surface area contributed by atoms with Crippen molar-refractivity contribution in [3.8, 4) is 0 Å². The predicted octanol–water partition coefficient (Wildman–Crippen LogP) is 2.75. The zero-order chi connectivity index (χ0) is 19.7. The van der Waals surface area contributed by atoms with Gasteiger partial charge in [0.05, 0.1) is 40.4 Å². The van der Waals surface area contributed by atoms with Gasteiger partial charge >= 0.3 is 5.97 Å². The Balaban J connectivity index is 1.67. The molecular formula is C20H22N3O3S2+. The highest BCUT2D eigenvalue weighted by atomic mass is 32.1. The number of hydrogen-bond donors (Lipinski definition) is 2. The number of benzene rings is 1. The number of fused-ring (bicyclic) bond motifs is 2. The first kappa shape index (κ1) is 19.0. The first-order valence-electron chi connectivity index (χ1n) is 9.42.